The van der Waals surface area contributed by atoms with Crippen molar-refractivity contribution in [2.75, 3.05) is 0 Å². The summed E-state index contributed by atoms with van der Waals surface area (Å²) in [6.45, 7) is 1.76. The SMILES string of the molecule is CC(=NNC(=O)c1ccccc1Cl)c1ccc(O)cc1. The van der Waals surface area contributed by atoms with E-state index in [1.165, 1.54) is 0 Å². The Balaban J connectivity index is 2.11. The summed E-state index contributed by atoms with van der Waals surface area (Å²) in [5, 5.41) is 13.6. The highest BCUT2D eigenvalue weighted by atomic mass is 35.5. The summed E-state index contributed by atoms with van der Waals surface area (Å²) in [5.74, 6) is -0.185. The van der Waals surface area contributed by atoms with Gasteiger partial charge < -0.3 is 5.11 Å². The fraction of sp³-hybridized carbons (Fsp3) is 0.0667. The largest absolute Gasteiger partial charge is 0.508 e. The topological polar surface area (TPSA) is 61.7 Å². The van der Waals surface area contributed by atoms with Gasteiger partial charge in [-0.3, -0.25) is 4.79 Å². The summed E-state index contributed by atoms with van der Waals surface area (Å²) in [4.78, 5) is 11.9. The number of carbonyl (C=O) groups is 1. The van der Waals surface area contributed by atoms with Crippen molar-refractivity contribution in [2.24, 2.45) is 5.10 Å². The summed E-state index contributed by atoms with van der Waals surface area (Å²) >= 11 is 5.93. The number of hydrogen-bond donors (Lipinski definition) is 2. The van der Waals surface area contributed by atoms with Crippen molar-refractivity contribution in [3.63, 3.8) is 0 Å². The van der Waals surface area contributed by atoms with Crippen molar-refractivity contribution >= 4 is 23.2 Å². The molecule has 102 valence electrons. The zero-order chi connectivity index (χ0) is 14.5. The molecule has 0 fully saturated rings. The van der Waals surface area contributed by atoms with E-state index < -0.39 is 0 Å². The van der Waals surface area contributed by atoms with Crippen molar-refractivity contribution < 1.29 is 9.90 Å². The van der Waals surface area contributed by atoms with E-state index in [-0.39, 0.29) is 11.7 Å². The summed E-state index contributed by atoms with van der Waals surface area (Å²) in [6, 6.07) is 13.3. The number of aromatic hydroxyl groups is 1. The first kappa shape index (κ1) is 14.1. The van der Waals surface area contributed by atoms with Gasteiger partial charge in [0.05, 0.1) is 16.3 Å². The third kappa shape index (κ3) is 3.36. The van der Waals surface area contributed by atoms with Gasteiger partial charge in [-0.15, -0.1) is 0 Å². The van der Waals surface area contributed by atoms with Gasteiger partial charge in [0.1, 0.15) is 5.75 Å². The summed E-state index contributed by atoms with van der Waals surface area (Å²) in [6.07, 6.45) is 0. The first-order valence-electron chi connectivity index (χ1n) is 5.96. The van der Waals surface area contributed by atoms with Gasteiger partial charge in [-0.1, -0.05) is 23.7 Å². The van der Waals surface area contributed by atoms with Crippen LogP contribution in [0.1, 0.15) is 22.8 Å². The zero-order valence-electron chi connectivity index (χ0n) is 10.8. The number of nitrogens with one attached hydrogen (secondary N) is 1. The smallest absolute Gasteiger partial charge is 0.272 e. The zero-order valence-corrected chi connectivity index (χ0v) is 11.6. The number of phenols is 1. The molecule has 0 aliphatic heterocycles. The molecule has 0 unspecified atom stereocenters. The van der Waals surface area contributed by atoms with Gasteiger partial charge in [0, 0.05) is 0 Å². The molecule has 2 N–H and O–H groups in total. The highest BCUT2D eigenvalue weighted by molar-refractivity contribution is 6.33. The van der Waals surface area contributed by atoms with Crippen LogP contribution in [0.15, 0.2) is 53.6 Å². The van der Waals surface area contributed by atoms with E-state index in [0.717, 1.165) is 5.56 Å². The van der Waals surface area contributed by atoms with Crippen LogP contribution in [0.5, 0.6) is 5.75 Å². The number of hydrazone groups is 1. The molecule has 0 aliphatic carbocycles. The quantitative estimate of drug-likeness (QED) is 0.673. The Hall–Kier alpha value is -2.33. The van der Waals surface area contributed by atoms with E-state index in [1.54, 1.807) is 55.5 Å². The Kier molecular flexibility index (Phi) is 4.38. The molecule has 4 nitrogen and oxygen atoms in total. The molecule has 5 heteroatoms. The predicted octanol–water partition coefficient (Wildman–Crippen LogP) is 3.20. The molecule has 2 aromatic rings. The summed E-state index contributed by atoms with van der Waals surface area (Å²) in [7, 11) is 0. The van der Waals surface area contributed by atoms with Crippen molar-refractivity contribution in [1.82, 2.24) is 5.43 Å². The van der Waals surface area contributed by atoms with Crippen LogP contribution < -0.4 is 5.43 Å². The number of nitrogens with zero attached hydrogens (tertiary/aromatic N) is 1. The summed E-state index contributed by atoms with van der Waals surface area (Å²) in [5.41, 5.74) is 4.26. The second-order valence-corrected chi connectivity index (χ2v) is 4.57. The third-order valence-electron chi connectivity index (χ3n) is 2.73. The normalized spacial score (nSPS) is 11.2. The molecule has 0 radical (unpaired) electrons. The Morgan fingerprint density at radius 1 is 1.15 bits per heavy atom. The average Bonchev–Trinajstić information content (AvgIpc) is 2.45. The molecule has 0 aromatic heterocycles. The number of carbonyl (C=O) groups excluding carboxylic acids is 1. The van der Waals surface area contributed by atoms with Crippen LogP contribution in [0.2, 0.25) is 5.02 Å². The lowest BCUT2D eigenvalue weighted by Gasteiger charge is -2.04. The Morgan fingerprint density at radius 2 is 1.80 bits per heavy atom. The van der Waals surface area contributed by atoms with Gasteiger partial charge in [0.25, 0.3) is 5.91 Å². The van der Waals surface area contributed by atoms with Crippen LogP contribution in [-0.2, 0) is 0 Å². The van der Waals surface area contributed by atoms with E-state index >= 15 is 0 Å². The monoisotopic (exact) mass is 288 g/mol. The van der Waals surface area contributed by atoms with Crippen molar-refractivity contribution in [3.8, 4) is 5.75 Å². The van der Waals surface area contributed by atoms with Gasteiger partial charge in [-0.2, -0.15) is 5.10 Å². The maximum atomic E-state index is 11.9. The fourth-order valence-electron chi connectivity index (χ4n) is 1.61. The number of phenolic OH excluding ortho intramolecular Hbond substituents is 1. The molecule has 0 heterocycles. The number of halogens is 1. The number of amides is 1. The van der Waals surface area contributed by atoms with E-state index in [4.69, 9.17) is 11.6 Å². The lowest BCUT2D eigenvalue weighted by molar-refractivity contribution is 0.0955. The first-order chi connectivity index (χ1) is 9.58. The minimum atomic E-state index is -0.367. The van der Waals surface area contributed by atoms with Gasteiger partial charge in [-0.25, -0.2) is 5.43 Å². The van der Waals surface area contributed by atoms with Crippen LogP contribution in [0.3, 0.4) is 0 Å². The summed E-state index contributed by atoms with van der Waals surface area (Å²) < 4.78 is 0. The molecule has 2 rings (SSSR count). The second-order valence-electron chi connectivity index (χ2n) is 4.16. The molecular weight excluding hydrogens is 276 g/mol. The molecule has 0 bridgehead atoms. The molecule has 0 saturated heterocycles. The lowest BCUT2D eigenvalue weighted by atomic mass is 10.1. The fourth-order valence-corrected chi connectivity index (χ4v) is 1.83. The maximum Gasteiger partial charge on any atom is 0.272 e. The van der Waals surface area contributed by atoms with Crippen LogP contribution in [0.4, 0.5) is 0 Å². The lowest BCUT2D eigenvalue weighted by Crippen LogP contribution is -2.19. The molecule has 0 atom stereocenters. The van der Waals surface area contributed by atoms with E-state index in [0.29, 0.717) is 16.3 Å². The first-order valence-corrected chi connectivity index (χ1v) is 6.34. The van der Waals surface area contributed by atoms with E-state index in [2.05, 4.69) is 10.5 Å². The minimum Gasteiger partial charge on any atom is -0.508 e. The number of benzene rings is 2. The standard InChI is InChI=1S/C15H13ClN2O2/c1-10(11-6-8-12(19)9-7-11)17-18-15(20)13-4-2-3-5-14(13)16/h2-9,19H,1H3,(H,18,20). The highest BCUT2D eigenvalue weighted by Crippen LogP contribution is 2.14. The van der Waals surface area contributed by atoms with Crippen LogP contribution in [0.25, 0.3) is 0 Å². The van der Waals surface area contributed by atoms with Gasteiger partial charge in [0.15, 0.2) is 0 Å². The maximum absolute atomic E-state index is 11.9. The van der Waals surface area contributed by atoms with E-state index in [1.807, 2.05) is 0 Å². The Labute approximate surface area is 121 Å². The molecule has 0 saturated carbocycles. The van der Waals surface area contributed by atoms with Crippen molar-refractivity contribution in [2.45, 2.75) is 6.92 Å². The van der Waals surface area contributed by atoms with Gasteiger partial charge in [-0.05, 0) is 48.9 Å². The molecule has 0 spiro atoms. The minimum absolute atomic E-state index is 0.182. The third-order valence-corrected chi connectivity index (χ3v) is 3.06. The molecule has 20 heavy (non-hydrogen) atoms. The van der Waals surface area contributed by atoms with E-state index in [9.17, 15) is 9.90 Å². The van der Waals surface area contributed by atoms with Crippen LogP contribution in [0, 0.1) is 0 Å². The Morgan fingerprint density at radius 3 is 2.45 bits per heavy atom. The second kappa shape index (κ2) is 6.21. The molecule has 1 amide bonds. The Bertz CT molecular complexity index is 651. The molecule has 0 aliphatic rings. The number of hydrogen-bond acceptors (Lipinski definition) is 3. The van der Waals surface area contributed by atoms with Gasteiger partial charge >= 0.3 is 0 Å². The van der Waals surface area contributed by atoms with Crippen LogP contribution >= 0.6 is 11.6 Å². The highest BCUT2D eigenvalue weighted by Gasteiger charge is 2.08. The van der Waals surface area contributed by atoms with Gasteiger partial charge in [0.2, 0.25) is 0 Å². The van der Waals surface area contributed by atoms with Crippen LogP contribution in [-0.4, -0.2) is 16.7 Å². The average molecular weight is 289 g/mol. The molecular formula is C15H13ClN2O2. The molecule has 2 aromatic carbocycles. The van der Waals surface area contributed by atoms with Crippen molar-refractivity contribution in [3.05, 3.63) is 64.7 Å². The van der Waals surface area contributed by atoms with Crippen molar-refractivity contribution in [1.29, 1.82) is 0 Å². The number of rotatable bonds is 3. The predicted molar refractivity (Wildman–Crippen MR) is 79.2 cm³/mol.